The monoisotopic (exact) mass is 336 g/mol. The Labute approximate surface area is 141 Å². The zero-order chi connectivity index (χ0) is 17.7. The Hall–Kier alpha value is -2.44. The standard InChI is InChI=1S/C17H24N2O5/c1-5-6-19-10-11(7-15(19)20)17(21)18-12-8-13(22-2)16(24-4)14(9-12)23-3/h8-9,11H,5-7,10H2,1-4H3,(H,18,21). The zero-order valence-corrected chi connectivity index (χ0v) is 14.5. The minimum atomic E-state index is -0.344. The Kier molecular flexibility index (Phi) is 5.89. The second kappa shape index (κ2) is 7.90. The maximum absolute atomic E-state index is 12.5. The fourth-order valence-electron chi connectivity index (χ4n) is 2.83. The molecule has 0 aromatic heterocycles. The Morgan fingerprint density at radius 3 is 2.33 bits per heavy atom. The van der Waals surface area contributed by atoms with Gasteiger partial charge in [-0.1, -0.05) is 6.92 Å². The van der Waals surface area contributed by atoms with Gasteiger partial charge < -0.3 is 24.4 Å². The van der Waals surface area contributed by atoms with Crippen molar-refractivity contribution in [2.24, 2.45) is 5.92 Å². The fourth-order valence-corrected chi connectivity index (χ4v) is 2.83. The van der Waals surface area contributed by atoms with E-state index in [1.165, 1.54) is 21.3 Å². The third-order valence-corrected chi connectivity index (χ3v) is 4.01. The molecule has 1 atom stereocenters. The van der Waals surface area contributed by atoms with Crippen molar-refractivity contribution in [3.8, 4) is 17.2 Å². The van der Waals surface area contributed by atoms with Crippen LogP contribution in [-0.2, 0) is 9.59 Å². The number of methoxy groups -OCH3 is 3. The predicted octanol–water partition coefficient (Wildman–Crippen LogP) is 1.91. The normalized spacial score (nSPS) is 16.9. The molecule has 0 saturated carbocycles. The van der Waals surface area contributed by atoms with Crippen LogP contribution in [0, 0.1) is 5.92 Å². The van der Waals surface area contributed by atoms with E-state index in [0.717, 1.165) is 6.42 Å². The van der Waals surface area contributed by atoms with Crippen molar-refractivity contribution in [1.29, 1.82) is 0 Å². The van der Waals surface area contributed by atoms with Crippen molar-refractivity contribution in [1.82, 2.24) is 4.90 Å². The number of amides is 2. The predicted molar refractivity (Wildman–Crippen MR) is 89.7 cm³/mol. The number of hydrogen-bond donors (Lipinski definition) is 1. The van der Waals surface area contributed by atoms with Crippen molar-refractivity contribution in [3.63, 3.8) is 0 Å². The summed E-state index contributed by atoms with van der Waals surface area (Å²) < 4.78 is 15.8. The molecule has 0 spiro atoms. The molecule has 0 aliphatic carbocycles. The lowest BCUT2D eigenvalue weighted by Crippen LogP contribution is -2.28. The molecule has 1 aromatic carbocycles. The van der Waals surface area contributed by atoms with Gasteiger partial charge in [0.1, 0.15) is 0 Å². The summed E-state index contributed by atoms with van der Waals surface area (Å²) in [6.45, 7) is 3.16. The summed E-state index contributed by atoms with van der Waals surface area (Å²) in [4.78, 5) is 26.1. The summed E-state index contributed by atoms with van der Waals surface area (Å²) in [6.07, 6.45) is 1.13. The number of rotatable bonds is 7. The summed E-state index contributed by atoms with van der Waals surface area (Å²) in [7, 11) is 4.55. The van der Waals surface area contributed by atoms with Crippen LogP contribution < -0.4 is 19.5 Å². The minimum Gasteiger partial charge on any atom is -0.493 e. The van der Waals surface area contributed by atoms with E-state index in [2.05, 4.69) is 5.32 Å². The van der Waals surface area contributed by atoms with E-state index in [4.69, 9.17) is 14.2 Å². The molecule has 7 heteroatoms. The summed E-state index contributed by atoms with van der Waals surface area (Å²) in [5, 5.41) is 2.83. The third-order valence-electron chi connectivity index (χ3n) is 4.01. The van der Waals surface area contributed by atoms with Crippen molar-refractivity contribution in [3.05, 3.63) is 12.1 Å². The Morgan fingerprint density at radius 1 is 1.21 bits per heavy atom. The van der Waals surface area contributed by atoms with Crippen molar-refractivity contribution in [2.75, 3.05) is 39.7 Å². The number of benzene rings is 1. The van der Waals surface area contributed by atoms with Crippen molar-refractivity contribution in [2.45, 2.75) is 19.8 Å². The number of ether oxygens (including phenoxy) is 3. The number of anilines is 1. The Balaban J connectivity index is 2.13. The largest absolute Gasteiger partial charge is 0.493 e. The van der Waals surface area contributed by atoms with Gasteiger partial charge in [-0.2, -0.15) is 0 Å². The first-order valence-corrected chi connectivity index (χ1v) is 7.92. The maximum atomic E-state index is 12.5. The van der Waals surface area contributed by atoms with E-state index >= 15 is 0 Å². The van der Waals surface area contributed by atoms with Gasteiger partial charge in [0.2, 0.25) is 17.6 Å². The highest BCUT2D eigenvalue weighted by atomic mass is 16.5. The van der Waals surface area contributed by atoms with Gasteiger partial charge in [-0.15, -0.1) is 0 Å². The molecular formula is C17H24N2O5. The second-order valence-electron chi connectivity index (χ2n) is 5.64. The summed E-state index contributed by atoms with van der Waals surface area (Å²) in [6, 6.07) is 3.33. The topological polar surface area (TPSA) is 77.1 Å². The Bertz CT molecular complexity index is 592. The molecule has 0 radical (unpaired) electrons. The van der Waals surface area contributed by atoms with E-state index in [9.17, 15) is 9.59 Å². The van der Waals surface area contributed by atoms with E-state index in [0.29, 0.717) is 36.0 Å². The number of carbonyl (C=O) groups excluding carboxylic acids is 2. The van der Waals surface area contributed by atoms with Crippen molar-refractivity contribution < 1.29 is 23.8 Å². The van der Waals surface area contributed by atoms with Gasteiger partial charge >= 0.3 is 0 Å². The first-order valence-electron chi connectivity index (χ1n) is 7.92. The van der Waals surface area contributed by atoms with E-state index in [1.807, 2.05) is 6.92 Å². The first kappa shape index (κ1) is 17.9. The molecule has 1 fully saturated rings. The van der Waals surface area contributed by atoms with Crippen LogP contribution in [-0.4, -0.2) is 51.1 Å². The highest BCUT2D eigenvalue weighted by Gasteiger charge is 2.33. The molecule has 0 bridgehead atoms. The van der Waals surface area contributed by atoms with Crippen LogP contribution in [0.2, 0.25) is 0 Å². The lowest BCUT2D eigenvalue weighted by Gasteiger charge is -2.17. The number of nitrogens with one attached hydrogen (secondary N) is 1. The summed E-state index contributed by atoms with van der Waals surface area (Å²) in [5.41, 5.74) is 0.538. The highest BCUT2D eigenvalue weighted by molar-refractivity contribution is 5.97. The van der Waals surface area contributed by atoms with Crippen LogP contribution >= 0.6 is 0 Å². The average Bonchev–Trinajstić information content (AvgIpc) is 2.95. The van der Waals surface area contributed by atoms with E-state index in [1.54, 1.807) is 17.0 Å². The summed E-state index contributed by atoms with van der Waals surface area (Å²) >= 11 is 0. The van der Waals surface area contributed by atoms with Crippen molar-refractivity contribution >= 4 is 17.5 Å². The smallest absolute Gasteiger partial charge is 0.229 e. The zero-order valence-electron chi connectivity index (χ0n) is 14.5. The van der Waals surface area contributed by atoms with Gasteiger partial charge in [-0.05, 0) is 6.42 Å². The molecule has 1 heterocycles. The van der Waals surface area contributed by atoms with Gasteiger partial charge in [-0.3, -0.25) is 9.59 Å². The SMILES string of the molecule is CCCN1CC(C(=O)Nc2cc(OC)c(OC)c(OC)c2)CC1=O. The third kappa shape index (κ3) is 3.72. The molecule has 1 aromatic rings. The minimum absolute atomic E-state index is 0.0295. The van der Waals surface area contributed by atoms with Crippen LogP contribution in [0.1, 0.15) is 19.8 Å². The lowest BCUT2D eigenvalue weighted by atomic mass is 10.1. The van der Waals surface area contributed by atoms with Gasteiger partial charge in [-0.25, -0.2) is 0 Å². The van der Waals surface area contributed by atoms with Crippen LogP contribution in [0.4, 0.5) is 5.69 Å². The van der Waals surface area contributed by atoms with Gasteiger partial charge in [0.25, 0.3) is 0 Å². The van der Waals surface area contributed by atoms with Gasteiger partial charge in [0.15, 0.2) is 11.5 Å². The molecule has 24 heavy (non-hydrogen) atoms. The molecule has 1 saturated heterocycles. The molecule has 2 rings (SSSR count). The molecule has 7 nitrogen and oxygen atoms in total. The fraction of sp³-hybridized carbons (Fsp3) is 0.529. The van der Waals surface area contributed by atoms with E-state index < -0.39 is 0 Å². The average molecular weight is 336 g/mol. The van der Waals surface area contributed by atoms with Crippen LogP contribution in [0.15, 0.2) is 12.1 Å². The second-order valence-corrected chi connectivity index (χ2v) is 5.64. The highest BCUT2D eigenvalue weighted by Crippen LogP contribution is 2.40. The van der Waals surface area contributed by atoms with Gasteiger partial charge in [0.05, 0.1) is 27.2 Å². The van der Waals surface area contributed by atoms with Crippen LogP contribution in [0.5, 0.6) is 17.2 Å². The number of likely N-dealkylation sites (tertiary alicyclic amines) is 1. The molecule has 2 amide bonds. The molecule has 1 unspecified atom stereocenters. The molecular weight excluding hydrogens is 312 g/mol. The van der Waals surface area contributed by atoms with E-state index in [-0.39, 0.29) is 24.2 Å². The number of nitrogens with zero attached hydrogens (tertiary/aromatic N) is 1. The van der Waals surface area contributed by atoms with Crippen LogP contribution in [0.3, 0.4) is 0 Å². The van der Waals surface area contributed by atoms with Gasteiger partial charge in [0, 0.05) is 37.3 Å². The van der Waals surface area contributed by atoms with Crippen LogP contribution in [0.25, 0.3) is 0 Å². The lowest BCUT2D eigenvalue weighted by molar-refractivity contribution is -0.128. The molecule has 1 N–H and O–H groups in total. The molecule has 132 valence electrons. The quantitative estimate of drug-likeness (QED) is 0.823. The molecule has 1 aliphatic heterocycles. The molecule has 1 aliphatic rings. The maximum Gasteiger partial charge on any atom is 0.229 e. The Morgan fingerprint density at radius 2 is 1.83 bits per heavy atom. The number of carbonyl (C=O) groups is 2. The number of hydrogen-bond acceptors (Lipinski definition) is 5. The summed E-state index contributed by atoms with van der Waals surface area (Å²) in [5.74, 6) is 0.883. The first-order chi connectivity index (χ1) is 11.5.